The molecule has 2 aromatic rings. The number of benzene rings is 1. The second-order valence-corrected chi connectivity index (χ2v) is 5.13. The molecule has 1 atom stereocenters. The quantitative estimate of drug-likeness (QED) is 0.778. The molecule has 110 valence electrons. The van der Waals surface area contributed by atoms with E-state index in [4.69, 9.17) is 5.73 Å². The Hall–Kier alpha value is -2.63. The number of carbonyl (C=O) groups is 2. The fraction of sp³-hybridized carbons (Fsp3) is 0.267. The second-order valence-electron chi connectivity index (χ2n) is 5.13. The summed E-state index contributed by atoms with van der Waals surface area (Å²) in [6.45, 7) is 3.58. The van der Waals surface area contributed by atoms with E-state index >= 15 is 0 Å². The highest BCUT2D eigenvalue weighted by molar-refractivity contribution is 6.07. The number of amides is 1. The summed E-state index contributed by atoms with van der Waals surface area (Å²) in [6, 6.07) is 6.35. The molecule has 0 fully saturated rings. The summed E-state index contributed by atoms with van der Waals surface area (Å²) in [7, 11) is 0. The maximum Gasteiger partial charge on any atom is 0.326 e. The summed E-state index contributed by atoms with van der Waals surface area (Å²) in [5.41, 5.74) is 6.62. The average molecular weight is 287 g/mol. The zero-order valence-corrected chi connectivity index (χ0v) is 11.8. The Balaban J connectivity index is 2.61. The maximum atomic E-state index is 11.6. The van der Waals surface area contributed by atoms with Crippen molar-refractivity contribution >= 4 is 28.5 Å². The van der Waals surface area contributed by atoms with E-state index in [0.717, 1.165) is 0 Å². The third-order valence-corrected chi connectivity index (χ3v) is 3.27. The number of nitrogens with zero attached hydrogens (tertiary/aromatic N) is 1. The van der Waals surface area contributed by atoms with Crippen LogP contribution in [0.4, 0.5) is 5.69 Å². The van der Waals surface area contributed by atoms with Crippen molar-refractivity contribution in [3.05, 3.63) is 36.0 Å². The van der Waals surface area contributed by atoms with E-state index in [0.29, 0.717) is 16.6 Å². The number of anilines is 1. The summed E-state index contributed by atoms with van der Waals surface area (Å²) in [5, 5.41) is 12.9. The van der Waals surface area contributed by atoms with Crippen molar-refractivity contribution < 1.29 is 14.7 Å². The van der Waals surface area contributed by atoms with Crippen molar-refractivity contribution in [1.82, 2.24) is 4.98 Å². The van der Waals surface area contributed by atoms with Crippen LogP contribution in [0.15, 0.2) is 30.5 Å². The molecule has 0 spiro atoms. The topological polar surface area (TPSA) is 105 Å². The van der Waals surface area contributed by atoms with E-state index in [1.165, 1.54) is 6.20 Å². The van der Waals surface area contributed by atoms with E-state index in [1.54, 1.807) is 32.0 Å². The van der Waals surface area contributed by atoms with Gasteiger partial charge < -0.3 is 16.2 Å². The van der Waals surface area contributed by atoms with Gasteiger partial charge in [-0.05, 0) is 12.0 Å². The first-order chi connectivity index (χ1) is 9.91. The lowest BCUT2D eigenvalue weighted by molar-refractivity contribution is -0.138. The predicted octanol–water partition coefficient (Wildman–Crippen LogP) is 1.85. The Morgan fingerprint density at radius 3 is 2.52 bits per heavy atom. The molecule has 1 aromatic heterocycles. The van der Waals surface area contributed by atoms with Crippen molar-refractivity contribution in [3.8, 4) is 0 Å². The number of hydrogen-bond acceptors (Lipinski definition) is 4. The molecule has 6 heteroatoms. The molecule has 0 radical (unpaired) electrons. The number of hydrogen-bond donors (Lipinski definition) is 3. The third-order valence-electron chi connectivity index (χ3n) is 3.27. The van der Waals surface area contributed by atoms with Gasteiger partial charge in [-0.15, -0.1) is 0 Å². The highest BCUT2D eigenvalue weighted by atomic mass is 16.4. The predicted molar refractivity (Wildman–Crippen MR) is 80.1 cm³/mol. The second kappa shape index (κ2) is 5.78. The molecule has 1 unspecified atom stereocenters. The Kier molecular flexibility index (Phi) is 4.07. The van der Waals surface area contributed by atoms with Crippen molar-refractivity contribution in [3.63, 3.8) is 0 Å². The van der Waals surface area contributed by atoms with Crippen LogP contribution in [-0.4, -0.2) is 28.0 Å². The Morgan fingerprint density at radius 1 is 1.29 bits per heavy atom. The summed E-state index contributed by atoms with van der Waals surface area (Å²) < 4.78 is 0. The Morgan fingerprint density at radius 2 is 1.95 bits per heavy atom. The molecular weight excluding hydrogens is 270 g/mol. The van der Waals surface area contributed by atoms with Crippen LogP contribution in [0.5, 0.6) is 0 Å². The van der Waals surface area contributed by atoms with Gasteiger partial charge in [0, 0.05) is 11.6 Å². The number of primary amides is 1. The fourth-order valence-electron chi connectivity index (χ4n) is 2.15. The molecule has 21 heavy (non-hydrogen) atoms. The third kappa shape index (κ3) is 2.94. The number of nitrogens with two attached hydrogens (primary N) is 1. The zero-order valence-electron chi connectivity index (χ0n) is 11.8. The fourth-order valence-corrected chi connectivity index (χ4v) is 2.15. The van der Waals surface area contributed by atoms with Crippen molar-refractivity contribution in [2.24, 2.45) is 11.7 Å². The Labute approximate surface area is 122 Å². The van der Waals surface area contributed by atoms with Crippen LogP contribution in [0, 0.1) is 5.92 Å². The summed E-state index contributed by atoms with van der Waals surface area (Å²) >= 11 is 0. The van der Waals surface area contributed by atoms with Crippen molar-refractivity contribution in [2.75, 3.05) is 5.32 Å². The number of para-hydroxylation sites is 1. The molecule has 6 nitrogen and oxygen atoms in total. The van der Waals surface area contributed by atoms with Gasteiger partial charge in [0.2, 0.25) is 0 Å². The molecule has 1 aromatic carbocycles. The number of carboxylic acid groups (broad SMARTS) is 1. The number of fused-ring (bicyclic) bond motifs is 1. The SMILES string of the molecule is CC(C)C(Nc1c(C(N)=O)cnc2ccccc12)C(=O)O. The number of aromatic nitrogens is 1. The average Bonchev–Trinajstić information content (AvgIpc) is 2.43. The van der Waals surface area contributed by atoms with Crippen molar-refractivity contribution in [1.29, 1.82) is 0 Å². The minimum Gasteiger partial charge on any atom is -0.480 e. The first kappa shape index (κ1) is 14.8. The number of carbonyl (C=O) groups excluding carboxylic acids is 1. The first-order valence-corrected chi connectivity index (χ1v) is 6.58. The van der Waals surface area contributed by atoms with E-state index in [1.807, 2.05) is 6.07 Å². The normalized spacial score (nSPS) is 12.3. The lowest BCUT2D eigenvalue weighted by Crippen LogP contribution is -2.35. The molecule has 4 N–H and O–H groups in total. The molecule has 1 amide bonds. The van der Waals surface area contributed by atoms with Crippen LogP contribution in [-0.2, 0) is 4.79 Å². The lowest BCUT2D eigenvalue weighted by Gasteiger charge is -2.21. The van der Waals surface area contributed by atoms with E-state index < -0.39 is 17.9 Å². The van der Waals surface area contributed by atoms with Crippen LogP contribution in [0.3, 0.4) is 0 Å². The molecule has 0 saturated carbocycles. The van der Waals surface area contributed by atoms with Gasteiger partial charge in [-0.25, -0.2) is 4.79 Å². The number of pyridine rings is 1. The molecular formula is C15H17N3O3. The summed E-state index contributed by atoms with van der Waals surface area (Å²) in [5.74, 6) is -1.79. The maximum absolute atomic E-state index is 11.6. The van der Waals surface area contributed by atoms with Gasteiger partial charge >= 0.3 is 5.97 Å². The highest BCUT2D eigenvalue weighted by Gasteiger charge is 2.24. The van der Waals surface area contributed by atoms with Gasteiger partial charge in [-0.2, -0.15) is 0 Å². The van der Waals surface area contributed by atoms with Crippen molar-refractivity contribution in [2.45, 2.75) is 19.9 Å². The number of rotatable bonds is 5. The smallest absolute Gasteiger partial charge is 0.326 e. The number of nitrogens with one attached hydrogen (secondary N) is 1. The van der Waals surface area contributed by atoms with E-state index in [9.17, 15) is 14.7 Å². The Bertz CT molecular complexity index is 698. The minimum atomic E-state index is -0.985. The van der Waals surface area contributed by atoms with Gasteiger partial charge in [0.25, 0.3) is 5.91 Å². The van der Waals surface area contributed by atoms with E-state index in [-0.39, 0.29) is 11.5 Å². The number of carboxylic acids is 1. The first-order valence-electron chi connectivity index (χ1n) is 6.58. The van der Waals surface area contributed by atoms with Gasteiger partial charge in [0.15, 0.2) is 0 Å². The van der Waals surface area contributed by atoms with Crippen LogP contribution < -0.4 is 11.1 Å². The van der Waals surface area contributed by atoms with Gasteiger partial charge in [-0.1, -0.05) is 32.0 Å². The van der Waals surface area contributed by atoms with Crippen LogP contribution >= 0.6 is 0 Å². The van der Waals surface area contributed by atoms with Crippen LogP contribution in [0.2, 0.25) is 0 Å². The molecule has 0 saturated heterocycles. The van der Waals surface area contributed by atoms with Gasteiger partial charge in [0.05, 0.1) is 16.8 Å². The lowest BCUT2D eigenvalue weighted by atomic mass is 10.0. The molecule has 2 rings (SSSR count). The van der Waals surface area contributed by atoms with Crippen LogP contribution in [0.1, 0.15) is 24.2 Å². The zero-order chi connectivity index (χ0) is 15.6. The van der Waals surface area contributed by atoms with E-state index in [2.05, 4.69) is 10.3 Å². The highest BCUT2D eigenvalue weighted by Crippen LogP contribution is 2.27. The number of aliphatic carboxylic acids is 1. The minimum absolute atomic E-state index is 0.157. The standard InChI is InChI=1S/C15H17N3O3/c1-8(2)12(15(20)21)18-13-9-5-3-4-6-11(9)17-7-10(13)14(16)19/h3-8,12H,1-2H3,(H2,16,19)(H,17,18)(H,20,21). The van der Waals surface area contributed by atoms with Gasteiger partial charge in [-0.3, -0.25) is 9.78 Å². The monoisotopic (exact) mass is 287 g/mol. The largest absolute Gasteiger partial charge is 0.480 e. The molecule has 0 bridgehead atoms. The summed E-state index contributed by atoms with van der Waals surface area (Å²) in [4.78, 5) is 27.1. The molecule has 1 heterocycles. The molecule has 0 aliphatic carbocycles. The molecule has 0 aliphatic heterocycles. The summed E-state index contributed by atoms with van der Waals surface area (Å²) in [6.07, 6.45) is 1.37. The molecule has 0 aliphatic rings. The van der Waals surface area contributed by atoms with Crippen LogP contribution in [0.25, 0.3) is 10.9 Å². The van der Waals surface area contributed by atoms with Gasteiger partial charge in [0.1, 0.15) is 6.04 Å².